The molecule has 3 heterocycles. The molecule has 2 fully saturated rings. The molecule has 2 saturated heterocycles. The summed E-state index contributed by atoms with van der Waals surface area (Å²) in [6.45, 7) is 5.66. The molecule has 1 unspecified atom stereocenters. The van der Waals surface area contributed by atoms with Gasteiger partial charge in [0.25, 0.3) is 0 Å². The molecule has 0 saturated carbocycles. The number of aliphatic imine (C=N–C) groups is 1. The second-order valence-electron chi connectivity index (χ2n) is 8.22. The van der Waals surface area contributed by atoms with Gasteiger partial charge in [-0.05, 0) is 30.7 Å². The Bertz CT molecular complexity index is 882. The quantitative estimate of drug-likeness (QED) is 0.530. The van der Waals surface area contributed by atoms with Crippen LogP contribution in [0, 0.1) is 0 Å². The lowest BCUT2D eigenvalue weighted by Crippen LogP contribution is -2.50. The number of carbonyl (C=O) groups is 1. The number of nitrogens with zero attached hydrogens (tertiary/aromatic N) is 5. The molecule has 170 valence electrons. The molecule has 8 nitrogen and oxygen atoms in total. The van der Waals surface area contributed by atoms with Crippen LogP contribution in [0.1, 0.15) is 12.8 Å². The van der Waals surface area contributed by atoms with Crippen LogP contribution in [0.5, 0.6) is 0 Å². The first-order valence-electron chi connectivity index (χ1n) is 11.4. The van der Waals surface area contributed by atoms with E-state index in [1.54, 1.807) is 7.05 Å². The second kappa shape index (κ2) is 10.8. The maximum absolute atomic E-state index is 12.6. The van der Waals surface area contributed by atoms with E-state index in [2.05, 4.69) is 54.7 Å². The van der Waals surface area contributed by atoms with Crippen molar-refractivity contribution in [1.29, 1.82) is 0 Å². The minimum atomic E-state index is 0.185. The summed E-state index contributed by atoms with van der Waals surface area (Å²) in [6, 6.07) is 16.8. The van der Waals surface area contributed by atoms with Crippen molar-refractivity contribution >= 4 is 23.4 Å². The van der Waals surface area contributed by atoms with Crippen LogP contribution >= 0.6 is 0 Å². The minimum absolute atomic E-state index is 0.185. The number of para-hydroxylation sites is 1. The average Bonchev–Trinajstić information content (AvgIpc) is 3.33. The van der Waals surface area contributed by atoms with E-state index in [-0.39, 0.29) is 5.91 Å². The van der Waals surface area contributed by atoms with Crippen molar-refractivity contribution in [2.45, 2.75) is 18.9 Å². The van der Waals surface area contributed by atoms with Gasteiger partial charge in [0.15, 0.2) is 5.96 Å². The summed E-state index contributed by atoms with van der Waals surface area (Å²) in [6.07, 6.45) is 3.34. The van der Waals surface area contributed by atoms with Gasteiger partial charge in [-0.2, -0.15) is 0 Å². The molecule has 1 aromatic carbocycles. The lowest BCUT2D eigenvalue weighted by atomic mass is 10.2. The smallest absolute Gasteiger partial charge is 0.224 e. The standard InChI is InChI=1S/C24H33N7O/c1-25-24(28-20-11-14-31(19-20)21-7-3-2-4-8-21)27-13-10-23(32)30-17-15-29(16-18-30)22-9-5-6-12-26-22/h2-9,12,20H,10-11,13-19H2,1H3,(H2,25,27,28). The van der Waals surface area contributed by atoms with Crippen LogP contribution in [0.3, 0.4) is 0 Å². The molecule has 32 heavy (non-hydrogen) atoms. The lowest BCUT2D eigenvalue weighted by molar-refractivity contribution is -0.131. The molecule has 0 spiro atoms. The number of pyridine rings is 1. The molecule has 2 aromatic rings. The van der Waals surface area contributed by atoms with Gasteiger partial charge in [-0.25, -0.2) is 4.98 Å². The highest BCUT2D eigenvalue weighted by Crippen LogP contribution is 2.19. The van der Waals surface area contributed by atoms with Crippen LogP contribution in [0.2, 0.25) is 0 Å². The van der Waals surface area contributed by atoms with Crippen LogP contribution in [0.4, 0.5) is 11.5 Å². The van der Waals surface area contributed by atoms with Gasteiger partial charge >= 0.3 is 0 Å². The Balaban J connectivity index is 1.16. The maximum Gasteiger partial charge on any atom is 0.224 e. The van der Waals surface area contributed by atoms with Crippen LogP contribution in [0.25, 0.3) is 0 Å². The predicted molar refractivity (Wildman–Crippen MR) is 129 cm³/mol. The van der Waals surface area contributed by atoms with E-state index in [4.69, 9.17) is 0 Å². The number of guanidine groups is 1. The molecule has 2 aliphatic heterocycles. The third-order valence-corrected chi connectivity index (χ3v) is 6.11. The Morgan fingerprint density at radius 3 is 2.53 bits per heavy atom. The summed E-state index contributed by atoms with van der Waals surface area (Å²) in [5.41, 5.74) is 1.26. The molecule has 0 bridgehead atoms. The summed E-state index contributed by atoms with van der Waals surface area (Å²) < 4.78 is 0. The Morgan fingerprint density at radius 1 is 1.03 bits per heavy atom. The highest BCUT2D eigenvalue weighted by atomic mass is 16.2. The van der Waals surface area contributed by atoms with Gasteiger partial charge in [0.2, 0.25) is 5.91 Å². The van der Waals surface area contributed by atoms with Crippen molar-refractivity contribution in [3.8, 4) is 0 Å². The normalized spacial score (nSPS) is 19.2. The largest absolute Gasteiger partial charge is 0.369 e. The predicted octanol–water partition coefficient (Wildman–Crippen LogP) is 1.56. The number of anilines is 2. The van der Waals surface area contributed by atoms with E-state index in [9.17, 15) is 4.79 Å². The van der Waals surface area contributed by atoms with Gasteiger partial charge in [0.05, 0.1) is 0 Å². The number of nitrogens with one attached hydrogen (secondary N) is 2. The second-order valence-corrected chi connectivity index (χ2v) is 8.22. The Hall–Kier alpha value is -3.29. The average molecular weight is 436 g/mol. The monoisotopic (exact) mass is 435 g/mol. The third kappa shape index (κ3) is 5.69. The fraction of sp³-hybridized carbons (Fsp3) is 0.458. The molecule has 1 atom stereocenters. The van der Waals surface area contributed by atoms with Gasteiger partial charge in [0.1, 0.15) is 5.82 Å². The number of benzene rings is 1. The SMILES string of the molecule is CN=C(NCCC(=O)N1CCN(c2ccccn2)CC1)NC1CCN(c2ccccc2)C1. The molecule has 0 aliphatic carbocycles. The van der Waals surface area contributed by atoms with Crippen molar-refractivity contribution < 1.29 is 4.79 Å². The summed E-state index contributed by atoms with van der Waals surface area (Å²) in [5.74, 6) is 1.93. The first kappa shape index (κ1) is 21.9. The van der Waals surface area contributed by atoms with Gasteiger partial charge < -0.3 is 25.3 Å². The van der Waals surface area contributed by atoms with E-state index < -0.39 is 0 Å². The zero-order valence-corrected chi connectivity index (χ0v) is 18.8. The Labute approximate surface area is 190 Å². The Morgan fingerprint density at radius 2 is 1.81 bits per heavy atom. The highest BCUT2D eigenvalue weighted by molar-refractivity contribution is 5.81. The van der Waals surface area contributed by atoms with Gasteiger partial charge in [-0.1, -0.05) is 24.3 Å². The lowest BCUT2D eigenvalue weighted by Gasteiger charge is -2.35. The number of amides is 1. The molecular weight excluding hydrogens is 402 g/mol. The van der Waals surface area contributed by atoms with E-state index in [0.29, 0.717) is 19.0 Å². The molecule has 2 N–H and O–H groups in total. The van der Waals surface area contributed by atoms with Crippen LogP contribution < -0.4 is 20.4 Å². The van der Waals surface area contributed by atoms with Crippen LogP contribution in [-0.2, 0) is 4.79 Å². The fourth-order valence-electron chi connectivity index (χ4n) is 4.31. The first-order chi connectivity index (χ1) is 15.7. The van der Waals surface area contributed by atoms with E-state index >= 15 is 0 Å². The maximum atomic E-state index is 12.6. The molecule has 8 heteroatoms. The number of rotatable bonds is 6. The molecular formula is C24H33N7O. The molecule has 4 rings (SSSR count). The van der Waals surface area contributed by atoms with Crippen molar-refractivity contribution in [2.24, 2.45) is 4.99 Å². The highest BCUT2D eigenvalue weighted by Gasteiger charge is 2.24. The number of hydrogen-bond acceptors (Lipinski definition) is 5. The van der Waals surface area contributed by atoms with Crippen molar-refractivity contribution in [3.05, 3.63) is 54.7 Å². The topological polar surface area (TPSA) is 76.1 Å². The zero-order valence-electron chi connectivity index (χ0n) is 18.8. The van der Waals surface area contributed by atoms with Crippen molar-refractivity contribution in [3.63, 3.8) is 0 Å². The first-order valence-corrected chi connectivity index (χ1v) is 11.4. The van der Waals surface area contributed by atoms with Gasteiger partial charge in [-0.15, -0.1) is 0 Å². The van der Waals surface area contributed by atoms with Crippen LogP contribution in [0.15, 0.2) is 59.7 Å². The molecule has 1 aromatic heterocycles. The molecule has 0 radical (unpaired) electrons. The minimum Gasteiger partial charge on any atom is -0.369 e. The Kier molecular flexibility index (Phi) is 7.42. The van der Waals surface area contributed by atoms with Crippen molar-refractivity contribution in [1.82, 2.24) is 20.5 Å². The number of piperazine rings is 1. The summed E-state index contributed by atoms with van der Waals surface area (Å²) >= 11 is 0. The van der Waals surface area contributed by atoms with E-state index in [1.165, 1.54) is 5.69 Å². The molecule has 1 amide bonds. The third-order valence-electron chi connectivity index (χ3n) is 6.11. The van der Waals surface area contributed by atoms with Crippen molar-refractivity contribution in [2.75, 3.05) is 62.7 Å². The summed E-state index contributed by atoms with van der Waals surface area (Å²) in [4.78, 5) is 28.0. The number of hydrogen-bond donors (Lipinski definition) is 2. The zero-order chi connectivity index (χ0) is 22.2. The summed E-state index contributed by atoms with van der Waals surface area (Å²) in [7, 11) is 1.78. The fourth-order valence-corrected chi connectivity index (χ4v) is 4.31. The number of carbonyl (C=O) groups excluding carboxylic acids is 1. The van der Waals surface area contributed by atoms with Crippen LogP contribution in [-0.4, -0.2) is 80.7 Å². The van der Waals surface area contributed by atoms with E-state index in [0.717, 1.165) is 57.5 Å². The van der Waals surface area contributed by atoms with E-state index in [1.807, 2.05) is 35.4 Å². The number of aromatic nitrogens is 1. The van der Waals surface area contributed by atoms with Gasteiger partial charge in [-0.3, -0.25) is 9.79 Å². The molecule has 2 aliphatic rings. The summed E-state index contributed by atoms with van der Waals surface area (Å²) in [5, 5.41) is 6.81. The van der Waals surface area contributed by atoms with Gasteiger partial charge in [0, 0.05) is 77.2 Å².